The fraction of sp³-hybridized carbons (Fsp3) is 0.348. The van der Waals surface area contributed by atoms with E-state index >= 15 is 0 Å². The molecule has 178 valence electrons. The Labute approximate surface area is 194 Å². The highest BCUT2D eigenvalue weighted by Crippen LogP contribution is 2.30. The number of halogens is 1. The lowest BCUT2D eigenvalue weighted by Gasteiger charge is -2.36. The van der Waals surface area contributed by atoms with Gasteiger partial charge < -0.3 is 19.9 Å². The predicted octanol–water partition coefficient (Wildman–Crippen LogP) is 2.34. The Morgan fingerprint density at radius 3 is 2.74 bits per heavy atom. The van der Waals surface area contributed by atoms with Crippen molar-refractivity contribution in [2.45, 2.75) is 12.8 Å². The second-order valence-electron chi connectivity index (χ2n) is 8.15. The molecule has 1 aliphatic rings. The average Bonchev–Trinajstić information content (AvgIpc) is 3.33. The van der Waals surface area contributed by atoms with Crippen LogP contribution in [0.3, 0.4) is 0 Å². The molecule has 0 radical (unpaired) electrons. The van der Waals surface area contributed by atoms with Gasteiger partial charge in [-0.15, -0.1) is 5.10 Å². The Morgan fingerprint density at radius 2 is 2.06 bits per heavy atom. The zero-order valence-electron chi connectivity index (χ0n) is 18.5. The summed E-state index contributed by atoms with van der Waals surface area (Å²) in [6.45, 7) is 2.26. The number of nitrogens with zero attached hydrogens (tertiary/aromatic N) is 4. The summed E-state index contributed by atoms with van der Waals surface area (Å²) in [5.41, 5.74) is 0.409. The highest BCUT2D eigenvalue weighted by molar-refractivity contribution is 5.95. The molecule has 0 saturated carbocycles. The van der Waals surface area contributed by atoms with Crippen LogP contribution < -0.4 is 5.32 Å². The highest BCUT2D eigenvalue weighted by Gasteiger charge is 2.33. The van der Waals surface area contributed by atoms with Crippen molar-refractivity contribution >= 4 is 11.9 Å². The maximum Gasteiger partial charge on any atom is 0.339 e. The first-order valence-electron chi connectivity index (χ1n) is 10.7. The molecule has 34 heavy (non-hydrogen) atoms. The topological polar surface area (TPSA) is 128 Å². The fourth-order valence-corrected chi connectivity index (χ4v) is 3.97. The third kappa shape index (κ3) is 4.95. The zero-order chi connectivity index (χ0) is 24.1. The maximum atomic E-state index is 14.0. The van der Waals surface area contributed by atoms with Crippen LogP contribution in [-0.4, -0.2) is 70.4 Å². The molecule has 1 saturated heterocycles. The molecule has 3 heterocycles. The highest BCUT2D eigenvalue weighted by atomic mass is 19.1. The quantitative estimate of drug-likeness (QED) is 0.515. The first-order chi connectivity index (χ1) is 16.4. The molecule has 1 fully saturated rings. The molecule has 0 atom stereocenters. The van der Waals surface area contributed by atoms with E-state index < -0.39 is 17.3 Å². The van der Waals surface area contributed by atoms with Crippen molar-refractivity contribution in [1.82, 2.24) is 25.3 Å². The van der Waals surface area contributed by atoms with E-state index in [2.05, 4.69) is 20.6 Å². The van der Waals surface area contributed by atoms with Crippen molar-refractivity contribution in [3.8, 4) is 16.9 Å². The largest absolute Gasteiger partial charge is 0.478 e. The number of nitrogens with one attached hydrogen (secondary N) is 1. The van der Waals surface area contributed by atoms with E-state index in [1.54, 1.807) is 19.2 Å². The van der Waals surface area contributed by atoms with Gasteiger partial charge in [0, 0.05) is 37.8 Å². The lowest BCUT2D eigenvalue weighted by molar-refractivity contribution is -0.0261. The van der Waals surface area contributed by atoms with Gasteiger partial charge >= 0.3 is 5.97 Å². The molecule has 3 aromatic rings. The van der Waals surface area contributed by atoms with Crippen molar-refractivity contribution in [2.24, 2.45) is 5.41 Å². The summed E-state index contributed by atoms with van der Waals surface area (Å²) in [5.74, 6) is -2.56. The number of carbonyl (C=O) groups is 2. The number of pyridine rings is 1. The van der Waals surface area contributed by atoms with Gasteiger partial charge in [-0.05, 0) is 31.0 Å². The first-order valence-corrected chi connectivity index (χ1v) is 10.7. The number of hydrogen-bond acceptors (Lipinski definition) is 7. The average molecular weight is 469 g/mol. The Morgan fingerprint density at radius 1 is 1.26 bits per heavy atom. The van der Waals surface area contributed by atoms with Gasteiger partial charge in [-0.2, -0.15) is 0 Å². The van der Waals surface area contributed by atoms with Crippen LogP contribution in [0.5, 0.6) is 0 Å². The van der Waals surface area contributed by atoms with E-state index in [1.165, 1.54) is 29.2 Å². The van der Waals surface area contributed by atoms with Crippen molar-refractivity contribution in [3.05, 3.63) is 59.8 Å². The van der Waals surface area contributed by atoms with Crippen LogP contribution in [0.1, 0.15) is 33.7 Å². The van der Waals surface area contributed by atoms with Gasteiger partial charge in [0.05, 0.1) is 24.7 Å². The summed E-state index contributed by atoms with van der Waals surface area (Å²) in [4.78, 5) is 28.3. The number of carboxylic acids is 1. The molecule has 0 bridgehead atoms. The molecule has 11 heteroatoms. The number of ether oxygens (including phenoxy) is 2. The summed E-state index contributed by atoms with van der Waals surface area (Å²) in [7, 11) is 1.64. The van der Waals surface area contributed by atoms with Gasteiger partial charge in [-0.3, -0.25) is 4.79 Å². The number of carboxylic acid groups (broad SMARTS) is 1. The van der Waals surface area contributed by atoms with Gasteiger partial charge in [0.15, 0.2) is 0 Å². The zero-order valence-corrected chi connectivity index (χ0v) is 18.5. The number of hydrogen-bond donors (Lipinski definition) is 2. The minimum absolute atomic E-state index is 0.112. The molecule has 1 aliphatic heterocycles. The van der Waals surface area contributed by atoms with Crippen molar-refractivity contribution in [1.29, 1.82) is 0 Å². The normalized spacial score (nSPS) is 15.1. The van der Waals surface area contributed by atoms with Gasteiger partial charge in [0.25, 0.3) is 5.91 Å². The Bertz CT molecular complexity index is 1170. The van der Waals surface area contributed by atoms with E-state index in [0.717, 1.165) is 18.9 Å². The van der Waals surface area contributed by atoms with E-state index in [9.17, 15) is 19.1 Å². The molecule has 0 unspecified atom stereocenters. The minimum Gasteiger partial charge on any atom is -0.478 e. The van der Waals surface area contributed by atoms with E-state index in [-0.39, 0.29) is 28.3 Å². The van der Waals surface area contributed by atoms with E-state index in [4.69, 9.17) is 9.47 Å². The number of rotatable bonds is 8. The van der Waals surface area contributed by atoms with E-state index in [1.807, 2.05) is 0 Å². The Hall–Kier alpha value is -3.70. The minimum atomic E-state index is -1.40. The summed E-state index contributed by atoms with van der Waals surface area (Å²) in [6, 6.07) is 7.14. The van der Waals surface area contributed by atoms with Crippen LogP contribution in [0.4, 0.5) is 4.39 Å². The lowest BCUT2D eigenvalue weighted by Crippen LogP contribution is -2.44. The second kappa shape index (κ2) is 10.1. The second-order valence-corrected chi connectivity index (χ2v) is 8.15. The van der Waals surface area contributed by atoms with Crippen molar-refractivity contribution in [3.63, 3.8) is 0 Å². The Kier molecular flexibility index (Phi) is 6.94. The van der Waals surface area contributed by atoms with Gasteiger partial charge in [-0.25, -0.2) is 18.9 Å². The summed E-state index contributed by atoms with van der Waals surface area (Å²) < 4.78 is 26.1. The maximum absolute atomic E-state index is 14.0. The van der Waals surface area contributed by atoms with Gasteiger partial charge in [-0.1, -0.05) is 17.3 Å². The summed E-state index contributed by atoms with van der Waals surface area (Å²) in [6.07, 6.45) is 4.53. The van der Waals surface area contributed by atoms with Crippen LogP contribution in [0, 0.1) is 11.2 Å². The standard InChI is InChI=1S/C23H24FN5O5/c1-33-14-23(7-9-34-10-8-23)13-26-21(30)18-6-5-15(11-25-18)29-12-19(27-28-29)16-3-2-4-17(24)20(16)22(31)32/h2-6,11-12H,7-10,13-14H2,1H3,(H,26,30)(H,31,32). The molecule has 1 aromatic carbocycles. The van der Waals surface area contributed by atoms with Gasteiger partial charge in [0.1, 0.15) is 22.8 Å². The number of amides is 1. The monoisotopic (exact) mass is 469 g/mol. The van der Waals surface area contributed by atoms with Crippen molar-refractivity contribution in [2.75, 3.05) is 33.5 Å². The van der Waals surface area contributed by atoms with Crippen molar-refractivity contribution < 1.29 is 28.6 Å². The molecular formula is C23H24FN5O5. The van der Waals surface area contributed by atoms with Gasteiger partial charge in [0.2, 0.25) is 0 Å². The molecular weight excluding hydrogens is 445 g/mol. The number of aromatic nitrogens is 4. The number of benzene rings is 1. The fourth-order valence-electron chi connectivity index (χ4n) is 3.97. The Balaban J connectivity index is 1.46. The summed E-state index contributed by atoms with van der Waals surface area (Å²) >= 11 is 0. The predicted molar refractivity (Wildman–Crippen MR) is 118 cm³/mol. The molecule has 1 amide bonds. The smallest absolute Gasteiger partial charge is 0.339 e. The number of aromatic carboxylic acids is 1. The van der Waals surface area contributed by atoms with Crippen LogP contribution in [0.15, 0.2) is 42.7 Å². The molecule has 0 spiro atoms. The van der Waals surface area contributed by atoms with Crippen LogP contribution >= 0.6 is 0 Å². The molecule has 10 nitrogen and oxygen atoms in total. The van der Waals surface area contributed by atoms with Crippen LogP contribution in [0.25, 0.3) is 16.9 Å². The van der Waals surface area contributed by atoms with Crippen LogP contribution in [-0.2, 0) is 9.47 Å². The summed E-state index contributed by atoms with van der Waals surface area (Å²) in [5, 5.41) is 20.2. The molecule has 2 aromatic heterocycles. The number of carbonyl (C=O) groups excluding carboxylic acids is 1. The third-order valence-corrected chi connectivity index (χ3v) is 5.87. The SMILES string of the molecule is COCC1(CNC(=O)c2ccc(-n3cc(-c4cccc(F)c4C(=O)O)nn3)cn2)CCOCC1. The lowest BCUT2D eigenvalue weighted by atomic mass is 9.81. The molecule has 0 aliphatic carbocycles. The molecule has 2 N–H and O–H groups in total. The first kappa shape index (κ1) is 23.5. The number of methoxy groups -OCH3 is 1. The molecule has 4 rings (SSSR count). The third-order valence-electron chi connectivity index (χ3n) is 5.87. The van der Waals surface area contributed by atoms with E-state index in [0.29, 0.717) is 32.1 Å². The van der Waals surface area contributed by atoms with Crippen LogP contribution in [0.2, 0.25) is 0 Å².